The van der Waals surface area contributed by atoms with Gasteiger partial charge in [-0.1, -0.05) is 67.8 Å². The van der Waals surface area contributed by atoms with E-state index in [1.54, 1.807) is 32.1 Å². The van der Waals surface area contributed by atoms with Crippen LogP contribution in [0.3, 0.4) is 0 Å². The number of benzene rings is 2. The van der Waals surface area contributed by atoms with Crippen LogP contribution < -0.4 is 0 Å². The second kappa shape index (κ2) is 18.6. The fourth-order valence-corrected chi connectivity index (χ4v) is 12.1. The normalized spacial score (nSPS) is 33.8. The summed E-state index contributed by atoms with van der Waals surface area (Å²) in [5.74, 6) is -2.79. The summed E-state index contributed by atoms with van der Waals surface area (Å²) in [6, 6.07) is 15.2. The van der Waals surface area contributed by atoms with Gasteiger partial charge in [0.2, 0.25) is 0 Å². The maximum Gasteiger partial charge on any atom is 0.253 e. The molecule has 342 valence electrons. The molecular formula is C49H55F2NO11S. The number of ketones is 2. The third-order valence-corrected chi connectivity index (χ3v) is 15.3. The van der Waals surface area contributed by atoms with E-state index in [2.05, 4.69) is 6.58 Å². The summed E-state index contributed by atoms with van der Waals surface area (Å²) >= 11 is 1.51. The quantitative estimate of drug-likeness (QED) is 0.127. The van der Waals surface area contributed by atoms with Gasteiger partial charge in [0.05, 0.1) is 58.4 Å². The van der Waals surface area contributed by atoms with Gasteiger partial charge in [-0.25, -0.2) is 8.78 Å². The predicted octanol–water partition coefficient (Wildman–Crippen LogP) is 5.94. The van der Waals surface area contributed by atoms with Crippen LogP contribution in [0.1, 0.15) is 56.9 Å². The molecule has 0 spiro atoms. The number of carbonyl (C=O) groups excluding carboxylic acids is 4. The fourth-order valence-electron chi connectivity index (χ4n) is 11.2. The third-order valence-electron chi connectivity index (χ3n) is 14.3. The molecule has 2 aromatic carbocycles. The number of imide groups is 1. The molecule has 2 aromatic rings. The number of rotatable bonds is 19. The number of aliphatic hydroxyl groups excluding tert-OH is 2. The van der Waals surface area contributed by atoms with E-state index < -0.39 is 71.0 Å². The van der Waals surface area contributed by atoms with Crippen LogP contribution in [-0.4, -0.2) is 121 Å². The smallest absolute Gasteiger partial charge is 0.253 e. The van der Waals surface area contributed by atoms with E-state index in [0.29, 0.717) is 37.6 Å². The number of fused-ring (bicyclic) bond motifs is 7. The number of amides is 2. The molecule has 10 atom stereocenters. The van der Waals surface area contributed by atoms with Crippen molar-refractivity contribution in [3.63, 3.8) is 0 Å². The molecule has 6 aliphatic rings. The SMILES string of the molecule is C=C1C=C[C@@]2(C)C(=C1)[C@@H](F)C[C@H]1[C@@H]3C[C@H]4O[C@@H](c5ccc(Sc6cccc(CC(=O)CCOCCOCCOCCN7C(=O)C=CC7=O)c6)cc5)O[C@@]4(C(=O)CO)[C@@]3(C)C[C@H](O)[C@@]12F. The van der Waals surface area contributed by atoms with Gasteiger partial charge in [-0.15, -0.1) is 0 Å². The molecule has 64 heavy (non-hydrogen) atoms. The highest BCUT2D eigenvalue weighted by Crippen LogP contribution is 2.72. The summed E-state index contributed by atoms with van der Waals surface area (Å²) in [5.41, 5.74) is -4.16. The van der Waals surface area contributed by atoms with Crippen molar-refractivity contribution in [1.82, 2.24) is 4.90 Å². The molecule has 15 heteroatoms. The Morgan fingerprint density at radius 2 is 1.61 bits per heavy atom. The largest absolute Gasteiger partial charge is 0.390 e. The van der Waals surface area contributed by atoms with Gasteiger partial charge < -0.3 is 33.9 Å². The van der Waals surface area contributed by atoms with Crippen molar-refractivity contribution < 1.29 is 61.9 Å². The Kier molecular flexibility index (Phi) is 13.5. The molecular weight excluding hydrogens is 849 g/mol. The molecule has 0 unspecified atom stereocenters. The first kappa shape index (κ1) is 46.3. The average molecular weight is 904 g/mol. The van der Waals surface area contributed by atoms with Crippen molar-refractivity contribution >= 4 is 35.1 Å². The number of halogens is 2. The molecule has 2 heterocycles. The zero-order valence-corrected chi connectivity index (χ0v) is 36.9. The van der Waals surface area contributed by atoms with E-state index in [4.69, 9.17) is 23.7 Å². The summed E-state index contributed by atoms with van der Waals surface area (Å²) in [6.45, 7) is 8.48. The molecule has 2 N–H and O–H groups in total. The Bertz CT molecular complexity index is 2230. The number of hydrogen-bond donors (Lipinski definition) is 2. The van der Waals surface area contributed by atoms with Gasteiger partial charge >= 0.3 is 0 Å². The molecule has 4 fully saturated rings. The first-order chi connectivity index (χ1) is 30.6. The van der Waals surface area contributed by atoms with Crippen LogP contribution in [0.15, 0.2) is 106 Å². The van der Waals surface area contributed by atoms with Crippen LogP contribution in [-0.2, 0) is 49.3 Å². The zero-order valence-electron chi connectivity index (χ0n) is 36.0. The minimum absolute atomic E-state index is 0.0376. The molecule has 2 aliphatic heterocycles. The van der Waals surface area contributed by atoms with Crippen LogP contribution in [0.25, 0.3) is 0 Å². The Labute approximate surface area is 375 Å². The first-order valence-electron chi connectivity index (χ1n) is 21.9. The van der Waals surface area contributed by atoms with Crippen LogP contribution in [0, 0.1) is 22.7 Å². The number of Topliss-reactive ketones (excluding diaryl/α,β-unsaturated/α-hetero) is 2. The minimum Gasteiger partial charge on any atom is -0.390 e. The Hall–Kier alpha value is -4.19. The highest BCUT2D eigenvalue weighted by atomic mass is 32.2. The van der Waals surface area contributed by atoms with Crippen LogP contribution in [0.5, 0.6) is 0 Å². The number of carbonyl (C=O) groups is 4. The first-order valence-corrected chi connectivity index (χ1v) is 22.7. The van der Waals surface area contributed by atoms with E-state index in [0.717, 1.165) is 20.3 Å². The highest BCUT2D eigenvalue weighted by molar-refractivity contribution is 7.99. The van der Waals surface area contributed by atoms with Crippen molar-refractivity contribution in [2.24, 2.45) is 22.7 Å². The van der Waals surface area contributed by atoms with Crippen molar-refractivity contribution in [3.8, 4) is 0 Å². The Morgan fingerprint density at radius 1 is 0.922 bits per heavy atom. The van der Waals surface area contributed by atoms with Crippen molar-refractivity contribution in [2.75, 3.05) is 52.8 Å². The molecule has 1 saturated heterocycles. The van der Waals surface area contributed by atoms with Gasteiger partial charge in [0, 0.05) is 57.1 Å². The van der Waals surface area contributed by atoms with E-state index in [1.807, 2.05) is 48.5 Å². The number of hydrogen-bond acceptors (Lipinski definition) is 12. The zero-order chi connectivity index (χ0) is 45.4. The maximum atomic E-state index is 17.8. The summed E-state index contributed by atoms with van der Waals surface area (Å²) in [7, 11) is 0. The molecule has 3 saturated carbocycles. The molecule has 0 radical (unpaired) electrons. The summed E-state index contributed by atoms with van der Waals surface area (Å²) in [4.78, 5) is 52.7. The van der Waals surface area contributed by atoms with Crippen LogP contribution >= 0.6 is 11.8 Å². The van der Waals surface area contributed by atoms with Gasteiger partial charge in [0.25, 0.3) is 11.8 Å². The van der Waals surface area contributed by atoms with E-state index >= 15 is 8.78 Å². The lowest BCUT2D eigenvalue weighted by Crippen LogP contribution is -2.70. The lowest BCUT2D eigenvalue weighted by molar-refractivity contribution is -0.235. The van der Waals surface area contributed by atoms with E-state index in [9.17, 15) is 29.4 Å². The van der Waals surface area contributed by atoms with Gasteiger partial charge in [-0.05, 0) is 73.1 Å². The number of allylic oxidation sites excluding steroid dienone is 5. The maximum absolute atomic E-state index is 17.8. The number of nitrogens with zero attached hydrogens (tertiary/aromatic N) is 1. The monoisotopic (exact) mass is 903 g/mol. The third kappa shape index (κ3) is 8.20. The number of ether oxygens (including phenoxy) is 5. The van der Waals surface area contributed by atoms with Crippen LogP contribution in [0.4, 0.5) is 8.78 Å². The summed E-state index contributed by atoms with van der Waals surface area (Å²) in [6.07, 6.45) is 2.86. The van der Waals surface area contributed by atoms with Crippen molar-refractivity contribution in [1.29, 1.82) is 0 Å². The number of alkyl halides is 2. The topological polar surface area (TPSA) is 158 Å². The fraction of sp³-hybridized carbons (Fsp3) is 0.510. The predicted molar refractivity (Wildman–Crippen MR) is 230 cm³/mol. The standard InChI is InChI=1S/C49H55F2NO11S/c1-30-13-15-46(2)38(23-30)39(50)26-37-36-27-42-49(41(56)29-53,47(36,3)28-40(55)48(37,46)51)63-45(62-42)32-7-9-34(10-8-32)64-35-6-4-5-31(25-35)24-33(54)14-17-59-19-21-61-22-20-60-18-16-52-43(57)11-12-44(52)58/h4-13,15,23,25,36-37,39-40,42,45,53,55H,1,14,16-22,24,26-29H2,2-3H3/t36-,37-,39-,40-,42+,45+,46-,47-,48-,49+/m0/s1. The highest BCUT2D eigenvalue weighted by Gasteiger charge is 2.80. The molecule has 8 rings (SSSR count). The molecule has 4 aliphatic carbocycles. The Balaban J connectivity index is 0.817. The van der Waals surface area contributed by atoms with E-state index in [-0.39, 0.29) is 75.0 Å². The van der Waals surface area contributed by atoms with Crippen molar-refractivity contribution in [2.45, 2.75) is 91.7 Å². The molecule has 0 aromatic heterocycles. The lowest BCUT2D eigenvalue weighted by atomic mass is 9.44. The molecule has 2 amide bonds. The van der Waals surface area contributed by atoms with Crippen molar-refractivity contribution in [3.05, 3.63) is 108 Å². The molecule has 12 nitrogen and oxygen atoms in total. The van der Waals surface area contributed by atoms with Gasteiger partial charge in [0.15, 0.2) is 23.3 Å². The molecule has 0 bridgehead atoms. The van der Waals surface area contributed by atoms with Gasteiger partial charge in [-0.2, -0.15) is 0 Å². The second-order valence-electron chi connectivity index (χ2n) is 17.9. The minimum atomic E-state index is -2.22. The average Bonchev–Trinajstić information content (AvgIpc) is 3.89. The summed E-state index contributed by atoms with van der Waals surface area (Å²) < 4.78 is 63.5. The number of aliphatic hydroxyl groups is 2. The van der Waals surface area contributed by atoms with Gasteiger partial charge in [0.1, 0.15) is 18.6 Å². The Morgan fingerprint density at radius 3 is 2.31 bits per heavy atom. The summed E-state index contributed by atoms with van der Waals surface area (Å²) in [5, 5.41) is 22.2. The lowest BCUT2D eigenvalue weighted by Gasteiger charge is -2.63. The van der Waals surface area contributed by atoms with E-state index in [1.165, 1.54) is 23.9 Å². The second-order valence-corrected chi connectivity index (χ2v) is 19.1. The van der Waals surface area contributed by atoms with Crippen LogP contribution in [0.2, 0.25) is 0 Å². The van der Waals surface area contributed by atoms with Gasteiger partial charge in [-0.3, -0.25) is 24.1 Å².